The van der Waals surface area contributed by atoms with Crippen molar-refractivity contribution in [1.29, 1.82) is 0 Å². The van der Waals surface area contributed by atoms with Crippen molar-refractivity contribution in [2.45, 2.75) is 33.7 Å². The molecule has 124 valence electrons. The molecule has 0 aliphatic carbocycles. The Morgan fingerprint density at radius 1 is 0.958 bits per heavy atom. The summed E-state index contributed by atoms with van der Waals surface area (Å²) in [5, 5.41) is 0. The summed E-state index contributed by atoms with van der Waals surface area (Å²) in [4.78, 5) is 26.3. The lowest BCUT2D eigenvalue weighted by Crippen LogP contribution is -2.41. The Hall–Kier alpha value is -2.62. The van der Waals surface area contributed by atoms with Crippen LogP contribution in [0.3, 0.4) is 0 Å². The highest BCUT2D eigenvalue weighted by Crippen LogP contribution is 2.27. The predicted molar refractivity (Wildman–Crippen MR) is 92.6 cm³/mol. The van der Waals surface area contributed by atoms with Crippen LogP contribution in [0.2, 0.25) is 0 Å². The Morgan fingerprint density at radius 2 is 1.46 bits per heavy atom. The number of rotatable bonds is 4. The van der Waals surface area contributed by atoms with E-state index in [-0.39, 0.29) is 24.5 Å². The first-order chi connectivity index (χ1) is 11.4. The zero-order valence-electron chi connectivity index (χ0n) is 14.4. The van der Waals surface area contributed by atoms with Gasteiger partial charge in [-0.2, -0.15) is 0 Å². The van der Waals surface area contributed by atoms with Gasteiger partial charge < -0.3 is 4.74 Å². The number of carbonyl (C=O) groups is 2. The van der Waals surface area contributed by atoms with Crippen molar-refractivity contribution >= 4 is 11.8 Å². The molecule has 2 amide bonds. The van der Waals surface area contributed by atoms with Crippen LogP contribution in [0.1, 0.15) is 44.3 Å². The number of hydrogen-bond acceptors (Lipinski definition) is 3. The molecule has 0 saturated heterocycles. The van der Waals surface area contributed by atoms with Crippen LogP contribution in [0, 0.1) is 20.8 Å². The Kier molecular flexibility index (Phi) is 4.14. The lowest BCUT2D eigenvalue weighted by molar-refractivity contribution is 0.0550. The largest absolute Gasteiger partial charge is 0.491 e. The van der Waals surface area contributed by atoms with Crippen molar-refractivity contribution < 1.29 is 14.3 Å². The molecule has 0 N–H and O–H groups in total. The van der Waals surface area contributed by atoms with E-state index in [0.29, 0.717) is 11.1 Å². The average Bonchev–Trinajstić information content (AvgIpc) is 2.78. The first-order valence-corrected chi connectivity index (χ1v) is 8.07. The molecular weight excluding hydrogens is 302 g/mol. The third-order valence-electron chi connectivity index (χ3n) is 4.34. The summed E-state index contributed by atoms with van der Waals surface area (Å²) in [6.07, 6.45) is 0. The van der Waals surface area contributed by atoms with Crippen molar-refractivity contribution in [1.82, 2.24) is 4.90 Å². The number of ether oxygens (including phenoxy) is 1. The van der Waals surface area contributed by atoms with Gasteiger partial charge in [-0.3, -0.25) is 14.5 Å². The van der Waals surface area contributed by atoms with E-state index < -0.39 is 0 Å². The average molecular weight is 323 g/mol. The fourth-order valence-electron chi connectivity index (χ4n) is 3.28. The molecule has 4 nitrogen and oxygen atoms in total. The summed E-state index contributed by atoms with van der Waals surface area (Å²) >= 11 is 0. The third kappa shape index (κ3) is 2.68. The van der Waals surface area contributed by atoms with Gasteiger partial charge in [-0.05, 0) is 51.0 Å². The van der Waals surface area contributed by atoms with Crippen molar-refractivity contribution in [2.75, 3.05) is 6.61 Å². The lowest BCUT2D eigenvalue weighted by atomic mass is 10.1. The van der Waals surface area contributed by atoms with Gasteiger partial charge in [0.15, 0.2) is 0 Å². The molecule has 24 heavy (non-hydrogen) atoms. The topological polar surface area (TPSA) is 46.6 Å². The second kappa shape index (κ2) is 6.11. The monoisotopic (exact) mass is 323 g/mol. The number of fused-ring (bicyclic) bond motifs is 1. The SMILES string of the molecule is Cc1cc(C)c(OC[C@@H](C)N2C(=O)c3ccccc3C2=O)c(C)c1. The standard InChI is InChI=1S/C20H21NO3/c1-12-9-13(2)18(14(3)10-12)24-11-15(4)21-19(22)16-7-5-6-8-17(16)20(21)23/h5-10,15H,11H2,1-4H3/t15-/m1/s1. The number of hydrogen-bond donors (Lipinski definition) is 0. The quantitative estimate of drug-likeness (QED) is 0.807. The molecule has 0 fully saturated rings. The van der Waals surface area contributed by atoms with E-state index >= 15 is 0 Å². The van der Waals surface area contributed by atoms with E-state index in [9.17, 15) is 9.59 Å². The van der Waals surface area contributed by atoms with Crippen LogP contribution in [-0.2, 0) is 0 Å². The Balaban J connectivity index is 1.76. The molecule has 0 unspecified atom stereocenters. The van der Waals surface area contributed by atoms with Crippen LogP contribution in [0.5, 0.6) is 5.75 Å². The maximum absolute atomic E-state index is 12.5. The molecule has 1 aliphatic heterocycles. The molecule has 2 aromatic carbocycles. The van der Waals surface area contributed by atoms with E-state index in [1.54, 1.807) is 24.3 Å². The number of benzene rings is 2. The maximum Gasteiger partial charge on any atom is 0.261 e. The fourth-order valence-corrected chi connectivity index (χ4v) is 3.28. The maximum atomic E-state index is 12.5. The van der Waals surface area contributed by atoms with Crippen LogP contribution in [0.25, 0.3) is 0 Å². The molecule has 2 aromatic rings. The second-order valence-corrected chi connectivity index (χ2v) is 6.41. The minimum atomic E-state index is -0.336. The molecule has 0 saturated carbocycles. The van der Waals surface area contributed by atoms with Crippen molar-refractivity contribution in [3.63, 3.8) is 0 Å². The van der Waals surface area contributed by atoms with Gasteiger partial charge in [0.1, 0.15) is 12.4 Å². The van der Waals surface area contributed by atoms with Crippen LogP contribution in [-0.4, -0.2) is 29.4 Å². The van der Waals surface area contributed by atoms with E-state index in [1.165, 1.54) is 10.5 Å². The summed E-state index contributed by atoms with van der Waals surface area (Å²) in [5.41, 5.74) is 4.24. The fraction of sp³-hybridized carbons (Fsp3) is 0.300. The molecule has 0 bridgehead atoms. The smallest absolute Gasteiger partial charge is 0.261 e. The molecule has 0 spiro atoms. The minimum absolute atomic E-state index is 0.246. The molecule has 1 heterocycles. The van der Waals surface area contributed by atoms with Crippen LogP contribution >= 0.6 is 0 Å². The van der Waals surface area contributed by atoms with Gasteiger partial charge >= 0.3 is 0 Å². The highest BCUT2D eigenvalue weighted by molar-refractivity contribution is 6.21. The van der Waals surface area contributed by atoms with Gasteiger partial charge in [0.05, 0.1) is 17.2 Å². The number of amides is 2. The highest BCUT2D eigenvalue weighted by Gasteiger charge is 2.38. The zero-order valence-corrected chi connectivity index (χ0v) is 14.4. The zero-order chi connectivity index (χ0) is 17.4. The van der Waals surface area contributed by atoms with E-state index in [0.717, 1.165) is 16.9 Å². The van der Waals surface area contributed by atoms with Gasteiger partial charge in [-0.15, -0.1) is 0 Å². The van der Waals surface area contributed by atoms with Gasteiger partial charge in [-0.1, -0.05) is 29.8 Å². The van der Waals surface area contributed by atoms with Gasteiger partial charge in [0, 0.05) is 0 Å². The summed E-state index contributed by atoms with van der Waals surface area (Å²) in [7, 11) is 0. The van der Waals surface area contributed by atoms with Gasteiger partial charge in [0.25, 0.3) is 11.8 Å². The summed E-state index contributed by atoms with van der Waals surface area (Å²) in [5.74, 6) is 0.331. The number of carbonyl (C=O) groups excluding carboxylic acids is 2. The normalized spacial score (nSPS) is 14.8. The predicted octanol–water partition coefficient (Wildman–Crippen LogP) is 3.68. The molecule has 0 aromatic heterocycles. The van der Waals surface area contributed by atoms with Crippen LogP contribution in [0.15, 0.2) is 36.4 Å². The molecule has 3 rings (SSSR count). The summed E-state index contributed by atoms with van der Waals surface area (Å²) < 4.78 is 5.95. The lowest BCUT2D eigenvalue weighted by Gasteiger charge is -2.23. The highest BCUT2D eigenvalue weighted by atomic mass is 16.5. The van der Waals surface area contributed by atoms with E-state index in [2.05, 4.69) is 12.1 Å². The third-order valence-corrected chi connectivity index (χ3v) is 4.34. The Bertz CT molecular complexity index is 767. The molecular formula is C20H21NO3. The molecule has 4 heteroatoms. The number of imide groups is 1. The van der Waals surface area contributed by atoms with Crippen molar-refractivity contribution in [2.24, 2.45) is 0 Å². The number of nitrogens with zero attached hydrogens (tertiary/aromatic N) is 1. The van der Waals surface area contributed by atoms with Gasteiger partial charge in [-0.25, -0.2) is 0 Å². The molecule has 1 aliphatic rings. The Labute approximate surface area is 142 Å². The van der Waals surface area contributed by atoms with Gasteiger partial charge in [0.2, 0.25) is 0 Å². The minimum Gasteiger partial charge on any atom is -0.491 e. The van der Waals surface area contributed by atoms with Crippen LogP contribution in [0.4, 0.5) is 0 Å². The summed E-state index contributed by atoms with van der Waals surface area (Å²) in [6, 6.07) is 10.7. The number of aryl methyl sites for hydroxylation is 3. The molecule has 1 atom stereocenters. The summed E-state index contributed by atoms with van der Waals surface area (Å²) in [6.45, 7) is 8.16. The van der Waals surface area contributed by atoms with Crippen molar-refractivity contribution in [3.05, 3.63) is 64.2 Å². The first kappa shape index (κ1) is 16.2. The van der Waals surface area contributed by atoms with E-state index in [4.69, 9.17) is 4.74 Å². The van der Waals surface area contributed by atoms with E-state index in [1.807, 2.05) is 27.7 Å². The second-order valence-electron chi connectivity index (χ2n) is 6.41. The van der Waals surface area contributed by atoms with Crippen molar-refractivity contribution in [3.8, 4) is 5.75 Å². The Morgan fingerprint density at radius 3 is 1.96 bits per heavy atom. The van der Waals surface area contributed by atoms with Crippen LogP contribution < -0.4 is 4.74 Å². The molecule has 0 radical (unpaired) electrons. The first-order valence-electron chi connectivity index (χ1n) is 8.07.